The van der Waals surface area contributed by atoms with E-state index in [4.69, 9.17) is 5.73 Å². The Bertz CT molecular complexity index is 465. The molecule has 0 heterocycles. The standard InChI is InChI=1S/C15H20BrFN2O/c16-11-6-5-7-12(17)13(11)19-14(20)15(10-18)8-3-1-2-4-9-15/h5-7H,1-4,8-10,18H2,(H,19,20). The lowest BCUT2D eigenvalue weighted by Gasteiger charge is -2.30. The Kier molecular flexibility index (Phi) is 5.16. The van der Waals surface area contributed by atoms with Crippen molar-refractivity contribution in [2.75, 3.05) is 11.9 Å². The van der Waals surface area contributed by atoms with Gasteiger partial charge in [-0.2, -0.15) is 0 Å². The molecule has 1 saturated carbocycles. The van der Waals surface area contributed by atoms with Crippen LogP contribution in [0.4, 0.5) is 10.1 Å². The molecule has 0 saturated heterocycles. The van der Waals surface area contributed by atoms with Gasteiger partial charge in [-0.15, -0.1) is 0 Å². The molecule has 3 nitrogen and oxygen atoms in total. The number of hydrogen-bond donors (Lipinski definition) is 2. The molecule has 1 aliphatic carbocycles. The van der Waals surface area contributed by atoms with Crippen molar-refractivity contribution in [1.29, 1.82) is 0 Å². The first kappa shape index (κ1) is 15.4. The third-order valence-electron chi connectivity index (χ3n) is 4.13. The van der Waals surface area contributed by atoms with Crippen LogP contribution in [0.3, 0.4) is 0 Å². The highest BCUT2D eigenvalue weighted by Crippen LogP contribution is 2.36. The van der Waals surface area contributed by atoms with Crippen molar-refractivity contribution in [3.05, 3.63) is 28.5 Å². The average molecular weight is 343 g/mol. The normalized spacial score (nSPS) is 18.4. The van der Waals surface area contributed by atoms with E-state index in [-0.39, 0.29) is 11.6 Å². The molecule has 0 aliphatic heterocycles. The predicted molar refractivity (Wildman–Crippen MR) is 81.9 cm³/mol. The zero-order valence-electron chi connectivity index (χ0n) is 11.4. The molecule has 110 valence electrons. The second kappa shape index (κ2) is 6.68. The highest BCUT2D eigenvalue weighted by molar-refractivity contribution is 9.10. The van der Waals surface area contributed by atoms with E-state index in [9.17, 15) is 9.18 Å². The molecule has 2 rings (SSSR count). The maximum absolute atomic E-state index is 13.8. The molecule has 0 spiro atoms. The van der Waals surface area contributed by atoms with E-state index in [1.807, 2.05) is 0 Å². The lowest BCUT2D eigenvalue weighted by Crippen LogP contribution is -2.42. The molecule has 0 atom stereocenters. The van der Waals surface area contributed by atoms with Crippen molar-refractivity contribution in [2.24, 2.45) is 11.1 Å². The molecule has 5 heteroatoms. The summed E-state index contributed by atoms with van der Waals surface area (Å²) in [7, 11) is 0. The second-order valence-corrected chi connectivity index (χ2v) is 6.30. The van der Waals surface area contributed by atoms with Crippen molar-refractivity contribution in [3.63, 3.8) is 0 Å². The fraction of sp³-hybridized carbons (Fsp3) is 0.533. The first-order chi connectivity index (χ1) is 9.59. The van der Waals surface area contributed by atoms with E-state index in [0.29, 0.717) is 11.0 Å². The van der Waals surface area contributed by atoms with Gasteiger partial charge in [0.15, 0.2) is 0 Å². The molecule has 0 bridgehead atoms. The number of amides is 1. The second-order valence-electron chi connectivity index (χ2n) is 5.45. The monoisotopic (exact) mass is 342 g/mol. The fourth-order valence-corrected chi connectivity index (χ4v) is 3.23. The number of anilines is 1. The summed E-state index contributed by atoms with van der Waals surface area (Å²) in [6.45, 7) is 0.310. The summed E-state index contributed by atoms with van der Waals surface area (Å²) in [5, 5.41) is 2.73. The number of halogens is 2. The molecule has 1 amide bonds. The van der Waals surface area contributed by atoms with Crippen LogP contribution in [0.15, 0.2) is 22.7 Å². The third kappa shape index (κ3) is 3.20. The van der Waals surface area contributed by atoms with Crippen LogP contribution < -0.4 is 11.1 Å². The Morgan fingerprint density at radius 3 is 2.50 bits per heavy atom. The summed E-state index contributed by atoms with van der Waals surface area (Å²) in [5.74, 6) is -0.596. The number of nitrogens with one attached hydrogen (secondary N) is 1. The largest absolute Gasteiger partial charge is 0.329 e. The smallest absolute Gasteiger partial charge is 0.231 e. The van der Waals surface area contributed by atoms with Gasteiger partial charge in [0.25, 0.3) is 0 Å². The quantitative estimate of drug-likeness (QED) is 0.820. The summed E-state index contributed by atoms with van der Waals surface area (Å²) >= 11 is 3.27. The van der Waals surface area contributed by atoms with Gasteiger partial charge >= 0.3 is 0 Å². The number of carbonyl (C=O) groups excluding carboxylic acids is 1. The lowest BCUT2D eigenvalue weighted by molar-refractivity contribution is -0.125. The van der Waals surface area contributed by atoms with Gasteiger partial charge in [-0.1, -0.05) is 31.7 Å². The minimum absolute atomic E-state index is 0.160. The zero-order valence-corrected chi connectivity index (χ0v) is 13.0. The van der Waals surface area contributed by atoms with Crippen LogP contribution in [0.1, 0.15) is 38.5 Å². The minimum atomic E-state index is -0.557. The average Bonchev–Trinajstić information content (AvgIpc) is 2.69. The van der Waals surface area contributed by atoms with Gasteiger partial charge in [0.2, 0.25) is 5.91 Å². The van der Waals surface area contributed by atoms with Gasteiger partial charge in [-0.05, 0) is 40.9 Å². The van der Waals surface area contributed by atoms with Crippen molar-refractivity contribution in [3.8, 4) is 0 Å². The molecular weight excluding hydrogens is 323 g/mol. The van der Waals surface area contributed by atoms with Crippen molar-refractivity contribution < 1.29 is 9.18 Å². The molecule has 0 aromatic heterocycles. The van der Waals surface area contributed by atoms with Crippen LogP contribution in [-0.4, -0.2) is 12.5 Å². The molecule has 1 aromatic carbocycles. The zero-order chi connectivity index (χ0) is 14.6. The summed E-state index contributed by atoms with van der Waals surface area (Å²) in [5.41, 5.74) is 5.52. The molecule has 1 aliphatic rings. The summed E-state index contributed by atoms with van der Waals surface area (Å²) in [6.07, 6.45) is 5.84. The van der Waals surface area contributed by atoms with Crippen LogP contribution in [0.2, 0.25) is 0 Å². The van der Waals surface area contributed by atoms with Gasteiger partial charge in [0.1, 0.15) is 5.82 Å². The maximum atomic E-state index is 13.8. The Morgan fingerprint density at radius 2 is 1.95 bits per heavy atom. The lowest BCUT2D eigenvalue weighted by atomic mass is 9.79. The van der Waals surface area contributed by atoms with Gasteiger partial charge in [0, 0.05) is 11.0 Å². The van der Waals surface area contributed by atoms with E-state index in [2.05, 4.69) is 21.2 Å². The number of carbonyl (C=O) groups is 1. The number of benzene rings is 1. The van der Waals surface area contributed by atoms with Gasteiger partial charge < -0.3 is 11.1 Å². The molecule has 1 aromatic rings. The van der Waals surface area contributed by atoms with E-state index < -0.39 is 11.2 Å². The van der Waals surface area contributed by atoms with Crippen molar-refractivity contribution >= 4 is 27.5 Å². The Morgan fingerprint density at radius 1 is 1.30 bits per heavy atom. The maximum Gasteiger partial charge on any atom is 0.231 e. The highest BCUT2D eigenvalue weighted by Gasteiger charge is 2.37. The van der Waals surface area contributed by atoms with Gasteiger partial charge in [-0.25, -0.2) is 4.39 Å². The Labute approximate surface area is 127 Å². The first-order valence-electron chi connectivity index (χ1n) is 7.05. The topological polar surface area (TPSA) is 55.1 Å². The van der Waals surface area contributed by atoms with E-state index >= 15 is 0 Å². The van der Waals surface area contributed by atoms with Crippen LogP contribution >= 0.6 is 15.9 Å². The number of rotatable bonds is 3. The highest BCUT2D eigenvalue weighted by atomic mass is 79.9. The summed E-state index contributed by atoms with van der Waals surface area (Å²) in [4.78, 5) is 12.6. The number of hydrogen-bond acceptors (Lipinski definition) is 2. The first-order valence-corrected chi connectivity index (χ1v) is 7.84. The Hall–Kier alpha value is -0.940. The molecule has 0 radical (unpaired) electrons. The van der Waals surface area contributed by atoms with E-state index in [1.165, 1.54) is 6.07 Å². The van der Waals surface area contributed by atoms with Crippen LogP contribution in [-0.2, 0) is 4.79 Å². The fourth-order valence-electron chi connectivity index (χ4n) is 2.79. The SMILES string of the molecule is NCC1(C(=O)Nc2c(F)cccc2Br)CCCCCC1. The predicted octanol–water partition coefficient (Wildman–Crippen LogP) is 3.83. The molecule has 20 heavy (non-hydrogen) atoms. The van der Waals surface area contributed by atoms with Crippen LogP contribution in [0.5, 0.6) is 0 Å². The van der Waals surface area contributed by atoms with Gasteiger partial charge in [-0.3, -0.25) is 4.79 Å². The summed E-state index contributed by atoms with van der Waals surface area (Å²) < 4.78 is 14.4. The number of nitrogens with two attached hydrogens (primary N) is 1. The molecular formula is C15H20BrFN2O. The van der Waals surface area contributed by atoms with Crippen LogP contribution in [0.25, 0.3) is 0 Å². The number of para-hydroxylation sites is 1. The van der Waals surface area contributed by atoms with Gasteiger partial charge in [0.05, 0.1) is 11.1 Å². The van der Waals surface area contributed by atoms with Crippen molar-refractivity contribution in [2.45, 2.75) is 38.5 Å². The molecule has 3 N–H and O–H groups in total. The molecule has 0 unspecified atom stereocenters. The van der Waals surface area contributed by atoms with Crippen molar-refractivity contribution in [1.82, 2.24) is 0 Å². The summed E-state index contributed by atoms with van der Waals surface area (Å²) in [6, 6.07) is 4.64. The van der Waals surface area contributed by atoms with E-state index in [0.717, 1.165) is 38.5 Å². The van der Waals surface area contributed by atoms with E-state index in [1.54, 1.807) is 12.1 Å². The third-order valence-corrected chi connectivity index (χ3v) is 4.80. The minimum Gasteiger partial charge on any atom is -0.329 e. The molecule has 1 fully saturated rings. The Balaban J connectivity index is 2.21. The van der Waals surface area contributed by atoms with Crippen LogP contribution in [0, 0.1) is 11.2 Å².